The van der Waals surface area contributed by atoms with Crippen LogP contribution in [-0.4, -0.2) is 57.9 Å². The van der Waals surface area contributed by atoms with Gasteiger partial charge in [0.25, 0.3) is 0 Å². The smallest absolute Gasteiger partial charge is 0.193 e. The van der Waals surface area contributed by atoms with Gasteiger partial charge in [-0.25, -0.2) is 0 Å². The molecule has 0 saturated carbocycles. The van der Waals surface area contributed by atoms with Crippen molar-refractivity contribution in [3.8, 4) is 0 Å². The summed E-state index contributed by atoms with van der Waals surface area (Å²) < 4.78 is 10.4. The monoisotopic (exact) mass is 483 g/mol. The molecule has 144 valence electrons. The predicted molar refractivity (Wildman–Crippen MR) is 116 cm³/mol. The maximum absolute atomic E-state index is 6.05. The van der Waals surface area contributed by atoms with Gasteiger partial charge in [-0.3, -0.25) is 4.99 Å². The first kappa shape index (κ1) is 24.4. The highest BCUT2D eigenvalue weighted by molar-refractivity contribution is 14.0. The fourth-order valence-electron chi connectivity index (χ4n) is 2.20. The number of aliphatic imine (C=N–C) groups is 1. The number of ether oxygens (including phenoxy) is 2. The van der Waals surface area contributed by atoms with E-state index in [0.717, 1.165) is 50.1 Å². The standard InChI is InChI=1S/C18H30ClN3O2.HI/c1-4-20-18(21-10-5-6-11-24-13-12-23-3)22(2)15-16-8-7-9-17(19)14-16;/h7-9,14H,4-6,10-13,15H2,1-3H3,(H,20,21);1H. The van der Waals surface area contributed by atoms with Gasteiger partial charge in [-0.2, -0.15) is 0 Å². The first-order valence-electron chi connectivity index (χ1n) is 8.48. The van der Waals surface area contributed by atoms with Gasteiger partial charge in [-0.15, -0.1) is 24.0 Å². The molecule has 1 aromatic carbocycles. The number of benzene rings is 1. The van der Waals surface area contributed by atoms with Gasteiger partial charge in [-0.05, 0) is 37.5 Å². The molecule has 0 bridgehead atoms. The van der Waals surface area contributed by atoms with Gasteiger partial charge in [-0.1, -0.05) is 23.7 Å². The number of hydrogen-bond acceptors (Lipinski definition) is 3. The predicted octanol–water partition coefficient (Wildman–Crippen LogP) is 3.80. The molecule has 0 fully saturated rings. The number of rotatable bonds is 11. The molecule has 0 aliphatic heterocycles. The van der Waals surface area contributed by atoms with E-state index in [1.165, 1.54) is 5.56 Å². The second-order valence-electron chi connectivity index (χ2n) is 5.53. The van der Waals surface area contributed by atoms with Crippen molar-refractivity contribution in [2.75, 3.05) is 47.1 Å². The van der Waals surface area contributed by atoms with Gasteiger partial charge in [0.1, 0.15) is 0 Å². The van der Waals surface area contributed by atoms with Crippen LogP contribution in [0.2, 0.25) is 5.02 Å². The van der Waals surface area contributed by atoms with Crippen molar-refractivity contribution in [2.24, 2.45) is 4.99 Å². The molecule has 0 spiro atoms. The van der Waals surface area contributed by atoms with Gasteiger partial charge in [0.2, 0.25) is 0 Å². The van der Waals surface area contributed by atoms with Crippen LogP contribution >= 0.6 is 35.6 Å². The number of nitrogens with zero attached hydrogens (tertiary/aromatic N) is 2. The molecule has 1 aromatic rings. The summed E-state index contributed by atoms with van der Waals surface area (Å²) in [5.41, 5.74) is 1.17. The van der Waals surface area contributed by atoms with Gasteiger partial charge in [0.05, 0.1) is 13.2 Å². The van der Waals surface area contributed by atoms with E-state index in [-0.39, 0.29) is 24.0 Å². The Balaban J connectivity index is 0.00000576. The molecule has 1 rings (SSSR count). The molecule has 0 amide bonds. The van der Waals surface area contributed by atoms with Crippen LogP contribution in [0.15, 0.2) is 29.3 Å². The van der Waals surface area contributed by atoms with Crippen molar-refractivity contribution in [2.45, 2.75) is 26.3 Å². The number of unbranched alkanes of at least 4 members (excludes halogenated alkanes) is 1. The summed E-state index contributed by atoms with van der Waals surface area (Å²) in [6, 6.07) is 7.92. The Bertz CT molecular complexity index is 489. The lowest BCUT2D eigenvalue weighted by atomic mass is 10.2. The van der Waals surface area contributed by atoms with Crippen LogP contribution in [0.5, 0.6) is 0 Å². The average Bonchev–Trinajstić information content (AvgIpc) is 2.56. The summed E-state index contributed by atoms with van der Waals surface area (Å²) in [6.45, 7) is 6.54. The fourth-order valence-corrected chi connectivity index (χ4v) is 2.41. The third kappa shape index (κ3) is 11.6. The largest absolute Gasteiger partial charge is 0.382 e. The van der Waals surface area contributed by atoms with Crippen LogP contribution in [0.3, 0.4) is 0 Å². The molecule has 0 aromatic heterocycles. The van der Waals surface area contributed by atoms with Crippen molar-refractivity contribution in [1.29, 1.82) is 0 Å². The summed E-state index contributed by atoms with van der Waals surface area (Å²) in [7, 11) is 3.72. The van der Waals surface area contributed by atoms with Crippen LogP contribution < -0.4 is 5.32 Å². The Hall–Kier alpha value is -0.570. The maximum Gasteiger partial charge on any atom is 0.193 e. The highest BCUT2D eigenvalue weighted by atomic mass is 127. The number of halogens is 2. The number of methoxy groups -OCH3 is 1. The Morgan fingerprint density at radius 1 is 1.24 bits per heavy atom. The van der Waals surface area contributed by atoms with E-state index in [2.05, 4.69) is 28.2 Å². The molecule has 0 heterocycles. The van der Waals surface area contributed by atoms with Crippen molar-refractivity contribution < 1.29 is 9.47 Å². The summed E-state index contributed by atoms with van der Waals surface area (Å²) in [6.07, 6.45) is 2.01. The zero-order valence-electron chi connectivity index (χ0n) is 15.5. The van der Waals surface area contributed by atoms with Gasteiger partial charge in [0.15, 0.2) is 5.96 Å². The van der Waals surface area contributed by atoms with E-state index in [1.54, 1.807) is 7.11 Å². The fraction of sp³-hybridized carbons (Fsp3) is 0.611. The lowest BCUT2D eigenvalue weighted by Gasteiger charge is -2.22. The minimum Gasteiger partial charge on any atom is -0.382 e. The van der Waals surface area contributed by atoms with E-state index in [1.807, 2.05) is 25.2 Å². The second-order valence-corrected chi connectivity index (χ2v) is 5.97. The van der Waals surface area contributed by atoms with Crippen LogP contribution in [0.4, 0.5) is 0 Å². The Labute approximate surface area is 174 Å². The quantitative estimate of drug-likeness (QED) is 0.225. The zero-order valence-corrected chi connectivity index (χ0v) is 18.5. The van der Waals surface area contributed by atoms with Crippen molar-refractivity contribution in [1.82, 2.24) is 10.2 Å². The molecule has 0 saturated heterocycles. The molecular weight excluding hydrogens is 453 g/mol. The van der Waals surface area contributed by atoms with Gasteiger partial charge in [0, 0.05) is 45.4 Å². The van der Waals surface area contributed by atoms with E-state index >= 15 is 0 Å². The van der Waals surface area contributed by atoms with E-state index < -0.39 is 0 Å². The normalized spacial score (nSPS) is 11.1. The molecule has 0 unspecified atom stereocenters. The Morgan fingerprint density at radius 2 is 2.04 bits per heavy atom. The Morgan fingerprint density at radius 3 is 2.72 bits per heavy atom. The first-order valence-corrected chi connectivity index (χ1v) is 8.85. The first-order chi connectivity index (χ1) is 11.7. The van der Waals surface area contributed by atoms with Crippen LogP contribution in [0, 0.1) is 0 Å². The molecule has 7 heteroatoms. The molecule has 0 atom stereocenters. The summed E-state index contributed by atoms with van der Waals surface area (Å²) in [5, 5.41) is 4.09. The lowest BCUT2D eigenvalue weighted by Crippen LogP contribution is -2.38. The highest BCUT2D eigenvalue weighted by Gasteiger charge is 2.06. The molecule has 1 N–H and O–H groups in total. The summed E-state index contributed by atoms with van der Waals surface area (Å²) >= 11 is 6.05. The van der Waals surface area contributed by atoms with Gasteiger partial charge >= 0.3 is 0 Å². The second kappa shape index (κ2) is 15.7. The number of guanidine groups is 1. The van der Waals surface area contributed by atoms with Gasteiger partial charge < -0.3 is 19.7 Å². The zero-order chi connectivity index (χ0) is 17.6. The van der Waals surface area contributed by atoms with E-state index in [0.29, 0.717) is 13.2 Å². The minimum absolute atomic E-state index is 0. The minimum atomic E-state index is 0. The third-order valence-electron chi connectivity index (χ3n) is 3.40. The van der Waals surface area contributed by atoms with Crippen molar-refractivity contribution >= 4 is 41.5 Å². The topological polar surface area (TPSA) is 46.1 Å². The molecule has 25 heavy (non-hydrogen) atoms. The average molecular weight is 484 g/mol. The van der Waals surface area contributed by atoms with Crippen LogP contribution in [0.1, 0.15) is 25.3 Å². The molecular formula is C18H31ClIN3O2. The van der Waals surface area contributed by atoms with E-state index in [4.69, 9.17) is 21.1 Å². The van der Waals surface area contributed by atoms with E-state index in [9.17, 15) is 0 Å². The molecule has 0 aliphatic rings. The Kier molecular flexibility index (Phi) is 15.3. The van der Waals surface area contributed by atoms with Crippen LogP contribution in [-0.2, 0) is 16.0 Å². The molecule has 5 nitrogen and oxygen atoms in total. The summed E-state index contributed by atoms with van der Waals surface area (Å²) in [5.74, 6) is 0.915. The SMILES string of the molecule is CCNC(=NCCCCOCCOC)N(C)Cc1cccc(Cl)c1.I. The maximum atomic E-state index is 6.05. The summed E-state index contributed by atoms with van der Waals surface area (Å²) in [4.78, 5) is 6.80. The third-order valence-corrected chi connectivity index (χ3v) is 3.63. The highest BCUT2D eigenvalue weighted by Crippen LogP contribution is 2.12. The molecule has 0 aliphatic carbocycles. The number of nitrogens with one attached hydrogen (secondary N) is 1. The number of hydrogen-bond donors (Lipinski definition) is 1. The van der Waals surface area contributed by atoms with Crippen molar-refractivity contribution in [3.63, 3.8) is 0 Å². The van der Waals surface area contributed by atoms with Crippen LogP contribution in [0.25, 0.3) is 0 Å². The van der Waals surface area contributed by atoms with Crippen molar-refractivity contribution in [3.05, 3.63) is 34.9 Å². The lowest BCUT2D eigenvalue weighted by molar-refractivity contribution is 0.0690. The molecule has 0 radical (unpaired) electrons.